The molecule has 1 aromatic carbocycles. The van der Waals surface area contributed by atoms with E-state index in [0.717, 1.165) is 30.1 Å². The highest BCUT2D eigenvalue weighted by molar-refractivity contribution is 6.32. The van der Waals surface area contributed by atoms with Gasteiger partial charge in [0.2, 0.25) is 0 Å². The molecule has 2 rings (SSSR count). The summed E-state index contributed by atoms with van der Waals surface area (Å²) in [6, 6.07) is 5.76. The molecular weight excluding hydrogens is 234 g/mol. The van der Waals surface area contributed by atoms with Crippen LogP contribution in [0.25, 0.3) is 0 Å². The second-order valence-electron chi connectivity index (χ2n) is 4.94. The lowest BCUT2D eigenvalue weighted by Gasteiger charge is -2.28. The summed E-state index contributed by atoms with van der Waals surface area (Å²) in [7, 11) is 0. The van der Waals surface area contributed by atoms with Gasteiger partial charge in [0.15, 0.2) is 0 Å². The lowest BCUT2D eigenvalue weighted by atomic mass is 9.88. The van der Waals surface area contributed by atoms with Crippen LogP contribution in [0.3, 0.4) is 0 Å². The fourth-order valence-corrected chi connectivity index (χ4v) is 2.74. The maximum atomic E-state index is 6.18. The molecule has 0 amide bonds. The average Bonchev–Trinajstić information content (AvgIpc) is 2.32. The number of hydrogen-bond acceptors (Lipinski definition) is 2. The van der Waals surface area contributed by atoms with Crippen molar-refractivity contribution >= 4 is 11.6 Å². The zero-order chi connectivity index (χ0) is 12.3. The van der Waals surface area contributed by atoms with Gasteiger partial charge in [0.1, 0.15) is 5.75 Å². The average molecular weight is 254 g/mol. The van der Waals surface area contributed by atoms with Crippen molar-refractivity contribution < 1.29 is 4.74 Å². The SMILES string of the molecule is CC1CCCC(Oc2c(Cl)cccc2CN)C1. The van der Waals surface area contributed by atoms with Gasteiger partial charge in [-0.15, -0.1) is 0 Å². The zero-order valence-electron chi connectivity index (χ0n) is 10.3. The summed E-state index contributed by atoms with van der Waals surface area (Å²) in [6.07, 6.45) is 5.10. The number of para-hydroxylation sites is 1. The normalized spacial score (nSPS) is 24.6. The van der Waals surface area contributed by atoms with Gasteiger partial charge in [-0.1, -0.05) is 37.1 Å². The number of halogens is 1. The van der Waals surface area contributed by atoms with Gasteiger partial charge in [-0.2, -0.15) is 0 Å². The second-order valence-corrected chi connectivity index (χ2v) is 5.35. The van der Waals surface area contributed by atoms with Gasteiger partial charge in [0.25, 0.3) is 0 Å². The van der Waals surface area contributed by atoms with Crippen molar-refractivity contribution in [3.8, 4) is 5.75 Å². The molecule has 1 fully saturated rings. The van der Waals surface area contributed by atoms with Crippen molar-refractivity contribution in [3.05, 3.63) is 28.8 Å². The van der Waals surface area contributed by atoms with Gasteiger partial charge in [0, 0.05) is 12.1 Å². The molecule has 1 saturated carbocycles. The molecule has 3 heteroatoms. The fourth-order valence-electron chi connectivity index (χ4n) is 2.50. The fraction of sp³-hybridized carbons (Fsp3) is 0.571. The molecule has 2 unspecified atom stereocenters. The van der Waals surface area contributed by atoms with E-state index in [-0.39, 0.29) is 0 Å². The Kier molecular flexibility index (Phi) is 4.30. The van der Waals surface area contributed by atoms with Crippen LogP contribution in [-0.2, 0) is 6.54 Å². The van der Waals surface area contributed by atoms with Gasteiger partial charge < -0.3 is 10.5 Å². The van der Waals surface area contributed by atoms with Crippen LogP contribution in [0.1, 0.15) is 38.2 Å². The Morgan fingerprint density at radius 1 is 1.41 bits per heavy atom. The van der Waals surface area contributed by atoms with Crippen LogP contribution in [0.2, 0.25) is 5.02 Å². The Balaban J connectivity index is 2.12. The zero-order valence-corrected chi connectivity index (χ0v) is 11.0. The molecule has 0 heterocycles. The van der Waals surface area contributed by atoms with E-state index < -0.39 is 0 Å². The van der Waals surface area contributed by atoms with Gasteiger partial charge in [-0.3, -0.25) is 0 Å². The summed E-state index contributed by atoms with van der Waals surface area (Å²) in [4.78, 5) is 0. The maximum Gasteiger partial charge on any atom is 0.142 e. The molecular formula is C14H20ClNO. The van der Waals surface area contributed by atoms with Crippen LogP contribution >= 0.6 is 11.6 Å². The van der Waals surface area contributed by atoms with Crippen molar-refractivity contribution in [2.75, 3.05) is 0 Å². The standard InChI is InChI=1S/C14H20ClNO/c1-10-4-2-6-12(8-10)17-14-11(9-16)5-3-7-13(14)15/h3,5,7,10,12H,2,4,6,8-9,16H2,1H3. The van der Waals surface area contributed by atoms with Gasteiger partial charge in [-0.25, -0.2) is 0 Å². The van der Waals surface area contributed by atoms with E-state index >= 15 is 0 Å². The Labute approximate surface area is 108 Å². The Hall–Kier alpha value is -0.730. The van der Waals surface area contributed by atoms with Crippen molar-refractivity contribution in [2.45, 2.75) is 45.3 Å². The van der Waals surface area contributed by atoms with E-state index in [1.165, 1.54) is 12.8 Å². The third-order valence-corrected chi connectivity index (χ3v) is 3.74. The van der Waals surface area contributed by atoms with Crippen LogP contribution in [0.5, 0.6) is 5.75 Å². The van der Waals surface area contributed by atoms with Crippen LogP contribution in [0.15, 0.2) is 18.2 Å². The third-order valence-electron chi connectivity index (χ3n) is 3.44. The number of rotatable bonds is 3. The van der Waals surface area contributed by atoms with E-state index in [0.29, 0.717) is 17.7 Å². The molecule has 2 nitrogen and oxygen atoms in total. The maximum absolute atomic E-state index is 6.18. The lowest BCUT2D eigenvalue weighted by Crippen LogP contribution is -2.24. The molecule has 0 spiro atoms. The quantitative estimate of drug-likeness (QED) is 0.890. The number of benzene rings is 1. The molecule has 1 aromatic rings. The Morgan fingerprint density at radius 2 is 2.24 bits per heavy atom. The van der Waals surface area contributed by atoms with Crippen molar-refractivity contribution in [1.29, 1.82) is 0 Å². The molecule has 0 aromatic heterocycles. The van der Waals surface area contributed by atoms with Crippen molar-refractivity contribution in [1.82, 2.24) is 0 Å². The third kappa shape index (κ3) is 3.14. The molecule has 2 N–H and O–H groups in total. The highest BCUT2D eigenvalue weighted by Crippen LogP contribution is 2.33. The van der Waals surface area contributed by atoms with E-state index in [9.17, 15) is 0 Å². The molecule has 17 heavy (non-hydrogen) atoms. The number of hydrogen-bond donors (Lipinski definition) is 1. The topological polar surface area (TPSA) is 35.2 Å². The first-order valence-corrected chi connectivity index (χ1v) is 6.72. The van der Waals surface area contributed by atoms with Gasteiger partial charge in [0.05, 0.1) is 11.1 Å². The second kappa shape index (κ2) is 5.74. The Morgan fingerprint density at radius 3 is 2.94 bits per heavy atom. The summed E-state index contributed by atoms with van der Waals surface area (Å²) in [5.74, 6) is 1.54. The van der Waals surface area contributed by atoms with Crippen molar-refractivity contribution in [3.63, 3.8) is 0 Å². The predicted octanol–water partition coefficient (Wildman–Crippen LogP) is 3.76. The monoisotopic (exact) mass is 253 g/mol. The van der Waals surface area contributed by atoms with Crippen molar-refractivity contribution in [2.24, 2.45) is 11.7 Å². The molecule has 0 bridgehead atoms. The van der Waals surface area contributed by atoms with Gasteiger partial charge >= 0.3 is 0 Å². The molecule has 0 radical (unpaired) electrons. The summed E-state index contributed by atoms with van der Waals surface area (Å²) < 4.78 is 6.07. The summed E-state index contributed by atoms with van der Waals surface area (Å²) >= 11 is 6.18. The minimum Gasteiger partial charge on any atom is -0.489 e. The first-order valence-electron chi connectivity index (χ1n) is 6.34. The molecule has 1 aliphatic rings. The molecule has 2 atom stereocenters. The minimum atomic E-state index is 0.295. The van der Waals surface area contributed by atoms with E-state index in [2.05, 4.69) is 6.92 Å². The van der Waals surface area contributed by atoms with Crippen LogP contribution in [0, 0.1) is 5.92 Å². The molecule has 1 aliphatic carbocycles. The molecule has 0 saturated heterocycles. The summed E-state index contributed by atoms with van der Waals surface area (Å²) in [5, 5.41) is 0.672. The largest absolute Gasteiger partial charge is 0.489 e. The van der Waals surface area contributed by atoms with E-state index in [4.69, 9.17) is 22.1 Å². The first kappa shape index (κ1) is 12.7. The number of nitrogens with two attached hydrogens (primary N) is 1. The highest BCUT2D eigenvalue weighted by Gasteiger charge is 2.21. The van der Waals surface area contributed by atoms with Crippen LogP contribution in [0.4, 0.5) is 0 Å². The summed E-state index contributed by atoms with van der Waals surface area (Å²) in [5.41, 5.74) is 6.71. The first-order chi connectivity index (χ1) is 8.20. The summed E-state index contributed by atoms with van der Waals surface area (Å²) in [6.45, 7) is 2.75. The van der Waals surface area contributed by atoms with Gasteiger partial charge in [-0.05, 0) is 31.2 Å². The van der Waals surface area contributed by atoms with E-state index in [1.807, 2.05) is 18.2 Å². The predicted molar refractivity (Wildman–Crippen MR) is 71.4 cm³/mol. The molecule has 94 valence electrons. The highest BCUT2D eigenvalue weighted by atomic mass is 35.5. The minimum absolute atomic E-state index is 0.295. The Bertz CT molecular complexity index is 380. The smallest absolute Gasteiger partial charge is 0.142 e. The van der Waals surface area contributed by atoms with Crippen LogP contribution in [-0.4, -0.2) is 6.10 Å². The van der Waals surface area contributed by atoms with Crippen LogP contribution < -0.4 is 10.5 Å². The number of ether oxygens (including phenoxy) is 1. The molecule has 0 aliphatic heterocycles. The lowest BCUT2D eigenvalue weighted by molar-refractivity contribution is 0.128. The van der Waals surface area contributed by atoms with E-state index in [1.54, 1.807) is 0 Å².